The molecule has 1 amide bonds. The first-order valence-electron chi connectivity index (χ1n) is 10.6. The predicted molar refractivity (Wildman–Crippen MR) is 122 cm³/mol. The lowest BCUT2D eigenvalue weighted by atomic mass is 10.0. The van der Waals surface area contributed by atoms with Crippen molar-refractivity contribution in [3.8, 4) is 16.9 Å². The number of rotatable bonds is 7. The Balaban J connectivity index is 1.30. The van der Waals surface area contributed by atoms with Crippen LogP contribution >= 0.6 is 0 Å². The predicted octanol–water partition coefficient (Wildman–Crippen LogP) is 4.56. The number of aromatic amines is 1. The van der Waals surface area contributed by atoms with Crippen LogP contribution in [0.4, 0.5) is 5.82 Å². The highest BCUT2D eigenvalue weighted by atomic mass is 16.5. The van der Waals surface area contributed by atoms with Crippen molar-refractivity contribution in [3.05, 3.63) is 89.6 Å². The first-order chi connectivity index (χ1) is 15.6. The van der Waals surface area contributed by atoms with Crippen LogP contribution in [-0.2, 0) is 6.42 Å². The molecule has 0 unspecified atom stereocenters. The Kier molecular flexibility index (Phi) is 5.37. The number of aryl methyl sites for hydroxylation is 1. The van der Waals surface area contributed by atoms with Gasteiger partial charge in [-0.15, -0.1) is 5.10 Å². The Bertz CT molecular complexity index is 1250. The molecule has 0 saturated heterocycles. The van der Waals surface area contributed by atoms with E-state index in [1.165, 1.54) is 0 Å². The molecule has 7 nitrogen and oxygen atoms in total. The van der Waals surface area contributed by atoms with E-state index >= 15 is 0 Å². The summed E-state index contributed by atoms with van der Waals surface area (Å²) >= 11 is 0. The third-order valence-corrected chi connectivity index (χ3v) is 5.30. The molecule has 2 N–H and O–H groups in total. The molecule has 1 aliphatic rings. The number of pyridine rings is 1. The highest BCUT2D eigenvalue weighted by Crippen LogP contribution is 2.32. The number of H-pyrrole nitrogens is 1. The molecule has 0 bridgehead atoms. The highest BCUT2D eigenvalue weighted by molar-refractivity contribution is 6.01. The Morgan fingerprint density at radius 1 is 1.12 bits per heavy atom. The molecule has 1 aliphatic carbocycles. The van der Waals surface area contributed by atoms with E-state index in [4.69, 9.17) is 4.74 Å². The van der Waals surface area contributed by atoms with Crippen molar-refractivity contribution >= 4 is 11.7 Å². The van der Waals surface area contributed by atoms with E-state index in [9.17, 15) is 4.79 Å². The lowest BCUT2D eigenvalue weighted by molar-refractivity contribution is 0.101. The van der Waals surface area contributed by atoms with Gasteiger partial charge in [0, 0.05) is 12.6 Å². The van der Waals surface area contributed by atoms with E-state index < -0.39 is 5.91 Å². The second-order valence-corrected chi connectivity index (χ2v) is 7.95. The molecule has 0 radical (unpaired) electrons. The van der Waals surface area contributed by atoms with E-state index in [-0.39, 0.29) is 5.82 Å². The second-order valence-electron chi connectivity index (χ2n) is 7.95. The van der Waals surface area contributed by atoms with Crippen molar-refractivity contribution in [1.82, 2.24) is 20.2 Å². The summed E-state index contributed by atoms with van der Waals surface area (Å²) in [4.78, 5) is 21.3. The Hall–Kier alpha value is -4.00. The molecular weight excluding hydrogens is 402 g/mol. The number of benzene rings is 2. The lowest BCUT2D eigenvalue weighted by Gasteiger charge is -2.11. The molecule has 2 aromatic heterocycles. The maximum absolute atomic E-state index is 12.7. The number of nitrogens with zero attached hydrogens (tertiary/aromatic N) is 3. The van der Waals surface area contributed by atoms with E-state index in [2.05, 4.69) is 32.4 Å². The fourth-order valence-corrected chi connectivity index (χ4v) is 3.47. The maximum Gasteiger partial charge on any atom is 0.296 e. The number of anilines is 1. The van der Waals surface area contributed by atoms with E-state index in [0.717, 1.165) is 40.8 Å². The normalized spacial score (nSPS) is 13.0. The van der Waals surface area contributed by atoms with Gasteiger partial charge < -0.3 is 10.1 Å². The van der Waals surface area contributed by atoms with Crippen LogP contribution in [0, 0.1) is 6.92 Å². The van der Waals surface area contributed by atoms with Gasteiger partial charge in [0.25, 0.3) is 5.91 Å². The number of amides is 1. The lowest BCUT2D eigenvalue weighted by Crippen LogP contribution is -2.14. The van der Waals surface area contributed by atoms with Crippen LogP contribution in [0.5, 0.6) is 5.75 Å². The summed E-state index contributed by atoms with van der Waals surface area (Å²) in [6.45, 7) is 2.05. The molecule has 0 aliphatic heterocycles. The summed E-state index contributed by atoms with van der Waals surface area (Å²) in [6.07, 6.45) is 4.82. The standard InChI is InChI=1S/C25H23N5O2/c1-16-7-8-20(32-19-9-10-19)15-21(16)18-11-12-26-22(14-18)28-25(31)24-27-23(29-30-24)13-17-5-3-2-4-6-17/h2-8,11-12,14-15,19H,9-10,13H2,1H3,(H,26,28,31)(H,27,29,30). The molecule has 1 saturated carbocycles. The van der Waals surface area contributed by atoms with Crippen molar-refractivity contribution in [2.24, 2.45) is 0 Å². The van der Waals surface area contributed by atoms with Crippen LogP contribution < -0.4 is 10.1 Å². The Morgan fingerprint density at radius 2 is 1.97 bits per heavy atom. The smallest absolute Gasteiger partial charge is 0.296 e. The third-order valence-electron chi connectivity index (χ3n) is 5.30. The zero-order valence-electron chi connectivity index (χ0n) is 17.7. The van der Waals surface area contributed by atoms with Gasteiger partial charge >= 0.3 is 0 Å². The fourth-order valence-electron chi connectivity index (χ4n) is 3.47. The zero-order chi connectivity index (χ0) is 21.9. The van der Waals surface area contributed by atoms with Gasteiger partial charge in [-0.3, -0.25) is 9.89 Å². The molecule has 7 heteroatoms. The van der Waals surface area contributed by atoms with Crippen LogP contribution in [-0.4, -0.2) is 32.2 Å². The van der Waals surface area contributed by atoms with Crippen molar-refractivity contribution < 1.29 is 9.53 Å². The molecule has 4 aromatic rings. The molecule has 2 aromatic carbocycles. The summed E-state index contributed by atoms with van der Waals surface area (Å²) in [7, 11) is 0. The van der Waals surface area contributed by atoms with Gasteiger partial charge in [0.1, 0.15) is 17.4 Å². The van der Waals surface area contributed by atoms with Gasteiger partial charge in [0.15, 0.2) is 0 Å². The monoisotopic (exact) mass is 425 g/mol. The minimum absolute atomic E-state index is 0.0825. The summed E-state index contributed by atoms with van der Waals surface area (Å²) in [5.74, 6) is 1.61. The SMILES string of the molecule is Cc1ccc(OC2CC2)cc1-c1ccnc(NC(=O)c2n[nH]c(Cc3ccccc3)n2)c1. The number of carbonyl (C=O) groups is 1. The molecule has 2 heterocycles. The van der Waals surface area contributed by atoms with Gasteiger partial charge in [-0.25, -0.2) is 9.97 Å². The van der Waals surface area contributed by atoms with Crippen LogP contribution in [0.25, 0.3) is 11.1 Å². The van der Waals surface area contributed by atoms with E-state index in [0.29, 0.717) is 24.2 Å². The highest BCUT2D eigenvalue weighted by Gasteiger charge is 2.23. The number of hydrogen-bond donors (Lipinski definition) is 2. The molecular formula is C25H23N5O2. The molecule has 32 heavy (non-hydrogen) atoms. The fraction of sp³-hybridized carbons (Fsp3) is 0.200. The van der Waals surface area contributed by atoms with Crippen LogP contribution in [0.15, 0.2) is 66.9 Å². The van der Waals surface area contributed by atoms with Gasteiger partial charge in [-0.05, 0) is 66.3 Å². The topological polar surface area (TPSA) is 92.8 Å². The zero-order valence-corrected chi connectivity index (χ0v) is 17.7. The van der Waals surface area contributed by atoms with Crippen LogP contribution in [0.3, 0.4) is 0 Å². The first-order valence-corrected chi connectivity index (χ1v) is 10.6. The van der Waals surface area contributed by atoms with Gasteiger partial charge in [0.2, 0.25) is 5.82 Å². The van der Waals surface area contributed by atoms with Crippen molar-refractivity contribution in [2.75, 3.05) is 5.32 Å². The minimum Gasteiger partial charge on any atom is -0.490 e. The largest absolute Gasteiger partial charge is 0.490 e. The minimum atomic E-state index is -0.409. The van der Waals surface area contributed by atoms with Crippen LogP contribution in [0.1, 0.15) is 40.4 Å². The molecule has 0 atom stereocenters. The number of hydrogen-bond acceptors (Lipinski definition) is 5. The summed E-state index contributed by atoms with van der Waals surface area (Å²) in [5, 5.41) is 9.69. The van der Waals surface area contributed by atoms with Crippen molar-refractivity contribution in [2.45, 2.75) is 32.3 Å². The quantitative estimate of drug-likeness (QED) is 0.453. The van der Waals surface area contributed by atoms with Crippen molar-refractivity contribution in [3.63, 3.8) is 0 Å². The average Bonchev–Trinajstić information content (AvgIpc) is 3.50. The summed E-state index contributed by atoms with van der Waals surface area (Å²) in [5.41, 5.74) is 4.21. The third kappa shape index (κ3) is 4.67. The molecule has 0 spiro atoms. The number of nitrogens with one attached hydrogen (secondary N) is 2. The van der Waals surface area contributed by atoms with E-state index in [1.807, 2.05) is 60.7 Å². The first kappa shape index (κ1) is 19.9. The Morgan fingerprint density at radius 3 is 2.78 bits per heavy atom. The summed E-state index contributed by atoms with van der Waals surface area (Å²) in [6, 6.07) is 19.8. The number of carbonyl (C=O) groups excluding carboxylic acids is 1. The molecule has 160 valence electrons. The molecule has 1 fully saturated rings. The summed E-state index contributed by atoms with van der Waals surface area (Å²) < 4.78 is 5.93. The number of ether oxygens (including phenoxy) is 1. The van der Waals surface area contributed by atoms with Crippen molar-refractivity contribution in [1.29, 1.82) is 0 Å². The molecule has 5 rings (SSSR count). The van der Waals surface area contributed by atoms with Gasteiger partial charge in [-0.2, -0.15) is 0 Å². The van der Waals surface area contributed by atoms with Crippen LogP contribution in [0.2, 0.25) is 0 Å². The average molecular weight is 425 g/mol. The van der Waals surface area contributed by atoms with Gasteiger partial charge in [-0.1, -0.05) is 36.4 Å². The maximum atomic E-state index is 12.7. The van der Waals surface area contributed by atoms with Gasteiger partial charge in [0.05, 0.1) is 6.10 Å². The number of aromatic nitrogens is 4. The second kappa shape index (κ2) is 8.63. The van der Waals surface area contributed by atoms with E-state index in [1.54, 1.807) is 6.20 Å². The Labute approximate surface area is 185 Å².